The van der Waals surface area contributed by atoms with Gasteiger partial charge in [0.2, 0.25) is 11.2 Å². The van der Waals surface area contributed by atoms with Crippen LogP contribution >= 0.6 is 11.6 Å². The van der Waals surface area contributed by atoms with Crippen molar-refractivity contribution < 1.29 is 19.1 Å². The van der Waals surface area contributed by atoms with E-state index in [0.29, 0.717) is 16.2 Å². The van der Waals surface area contributed by atoms with Crippen molar-refractivity contribution in [2.45, 2.75) is 39.2 Å². The number of carbonyl (C=O) groups is 1. The van der Waals surface area contributed by atoms with Crippen molar-refractivity contribution in [1.29, 1.82) is 0 Å². The molecule has 146 valence electrons. The molecule has 5 nitrogen and oxygen atoms in total. The maximum absolute atomic E-state index is 13.0. The van der Waals surface area contributed by atoms with Crippen LogP contribution in [0, 0.1) is 0 Å². The molecule has 1 heterocycles. The summed E-state index contributed by atoms with van der Waals surface area (Å²) >= 11 is 6.00. The van der Waals surface area contributed by atoms with Crippen molar-refractivity contribution in [3.63, 3.8) is 0 Å². The summed E-state index contributed by atoms with van der Waals surface area (Å²) in [7, 11) is 0. The molecule has 0 saturated heterocycles. The summed E-state index contributed by atoms with van der Waals surface area (Å²) in [5.41, 5.74) is 1.59. The van der Waals surface area contributed by atoms with Gasteiger partial charge in [-0.1, -0.05) is 56.6 Å². The first-order valence-electron chi connectivity index (χ1n) is 8.84. The minimum absolute atomic E-state index is 0.0311. The van der Waals surface area contributed by atoms with Crippen molar-refractivity contribution in [2.24, 2.45) is 0 Å². The molecule has 0 aliphatic heterocycles. The lowest BCUT2D eigenvalue weighted by Crippen LogP contribution is -2.26. The van der Waals surface area contributed by atoms with E-state index in [2.05, 4.69) is 20.8 Å². The number of benzene rings is 2. The second-order valence-electron chi connectivity index (χ2n) is 7.66. The van der Waals surface area contributed by atoms with Crippen molar-refractivity contribution in [3.8, 4) is 17.1 Å². The van der Waals surface area contributed by atoms with E-state index in [-0.39, 0.29) is 22.3 Å². The molecule has 2 aromatic carbocycles. The highest BCUT2D eigenvalue weighted by Crippen LogP contribution is 2.33. The van der Waals surface area contributed by atoms with E-state index in [1.807, 2.05) is 24.3 Å². The maximum Gasteiger partial charge on any atom is 0.344 e. The van der Waals surface area contributed by atoms with Gasteiger partial charge in [0.05, 0.1) is 5.39 Å². The first-order chi connectivity index (χ1) is 13.1. The van der Waals surface area contributed by atoms with E-state index in [1.54, 1.807) is 12.1 Å². The first kappa shape index (κ1) is 20.0. The van der Waals surface area contributed by atoms with Crippen LogP contribution in [0.1, 0.15) is 33.3 Å². The number of fused-ring (bicyclic) bond motifs is 1. The van der Waals surface area contributed by atoms with Gasteiger partial charge in [-0.25, -0.2) is 4.79 Å². The van der Waals surface area contributed by atoms with Crippen LogP contribution < -0.4 is 10.2 Å². The topological polar surface area (TPSA) is 76.7 Å². The number of hydrogen-bond acceptors (Lipinski definition) is 4. The smallest absolute Gasteiger partial charge is 0.344 e. The molecule has 0 bridgehead atoms. The molecule has 1 aromatic heterocycles. The normalized spacial score (nSPS) is 12.8. The zero-order valence-electron chi connectivity index (χ0n) is 16.1. The molecule has 0 aliphatic rings. The zero-order valence-corrected chi connectivity index (χ0v) is 16.8. The maximum atomic E-state index is 13.0. The van der Waals surface area contributed by atoms with Gasteiger partial charge in [-0.15, -0.1) is 0 Å². The van der Waals surface area contributed by atoms with E-state index >= 15 is 0 Å². The minimum Gasteiger partial charge on any atom is -0.479 e. The van der Waals surface area contributed by atoms with E-state index in [0.717, 1.165) is 5.56 Å². The van der Waals surface area contributed by atoms with Crippen LogP contribution in [0.2, 0.25) is 5.02 Å². The van der Waals surface area contributed by atoms with E-state index < -0.39 is 17.5 Å². The molecule has 1 unspecified atom stereocenters. The molecule has 28 heavy (non-hydrogen) atoms. The van der Waals surface area contributed by atoms with Gasteiger partial charge >= 0.3 is 5.97 Å². The second kappa shape index (κ2) is 7.32. The van der Waals surface area contributed by atoms with Crippen molar-refractivity contribution in [1.82, 2.24) is 0 Å². The second-order valence-corrected chi connectivity index (χ2v) is 8.09. The molecular formula is C22H21ClO5. The standard InChI is InChI=1S/C22H21ClO5/c1-12(21(25)26)27-20-18(24)16-11-15(23)9-10-17(16)28-19(20)13-5-7-14(8-6-13)22(2,3)4/h5-12H,1-4H3,(H,25,26). The average molecular weight is 401 g/mol. The highest BCUT2D eigenvalue weighted by Gasteiger charge is 2.23. The summed E-state index contributed by atoms with van der Waals surface area (Å²) in [6.07, 6.45) is -1.22. The van der Waals surface area contributed by atoms with Gasteiger partial charge < -0.3 is 14.3 Å². The predicted molar refractivity (Wildman–Crippen MR) is 109 cm³/mol. The van der Waals surface area contributed by atoms with Crippen LogP contribution in [-0.4, -0.2) is 17.2 Å². The summed E-state index contributed by atoms with van der Waals surface area (Å²) in [5.74, 6) is -1.14. The number of carboxylic acid groups (broad SMARTS) is 1. The number of rotatable bonds is 4. The number of halogens is 1. The Hall–Kier alpha value is -2.79. The van der Waals surface area contributed by atoms with Gasteiger partial charge in [0.15, 0.2) is 11.9 Å². The molecule has 0 fully saturated rings. The van der Waals surface area contributed by atoms with Crippen LogP contribution in [0.4, 0.5) is 0 Å². The number of aliphatic carboxylic acids is 1. The fourth-order valence-electron chi connectivity index (χ4n) is 2.80. The fraction of sp³-hybridized carbons (Fsp3) is 0.273. The summed E-state index contributed by atoms with van der Waals surface area (Å²) in [6.45, 7) is 7.66. The number of hydrogen-bond donors (Lipinski definition) is 1. The molecular weight excluding hydrogens is 380 g/mol. The number of carboxylic acids is 1. The van der Waals surface area contributed by atoms with Crippen LogP contribution in [0.15, 0.2) is 51.7 Å². The quantitative estimate of drug-likeness (QED) is 0.646. The Kier molecular flexibility index (Phi) is 5.22. The van der Waals surface area contributed by atoms with E-state index in [9.17, 15) is 14.7 Å². The summed E-state index contributed by atoms with van der Waals surface area (Å²) in [5, 5.41) is 9.81. The monoisotopic (exact) mass is 400 g/mol. The van der Waals surface area contributed by atoms with Crippen LogP contribution in [0.5, 0.6) is 5.75 Å². The molecule has 0 aliphatic carbocycles. The third-order valence-electron chi connectivity index (χ3n) is 4.47. The van der Waals surface area contributed by atoms with E-state index in [1.165, 1.54) is 13.0 Å². The highest BCUT2D eigenvalue weighted by molar-refractivity contribution is 6.31. The molecule has 0 spiro atoms. The molecule has 0 saturated carbocycles. The molecule has 6 heteroatoms. The molecule has 3 rings (SSSR count). The van der Waals surface area contributed by atoms with Gasteiger partial charge in [-0.3, -0.25) is 4.79 Å². The molecule has 0 radical (unpaired) electrons. The van der Waals surface area contributed by atoms with E-state index in [4.69, 9.17) is 20.8 Å². The van der Waals surface area contributed by atoms with Gasteiger partial charge in [-0.2, -0.15) is 0 Å². The fourth-order valence-corrected chi connectivity index (χ4v) is 2.97. The third kappa shape index (κ3) is 3.90. The Bertz CT molecular complexity index is 1090. The lowest BCUT2D eigenvalue weighted by molar-refractivity contribution is -0.144. The third-order valence-corrected chi connectivity index (χ3v) is 4.70. The van der Waals surface area contributed by atoms with Gasteiger partial charge in [-0.05, 0) is 36.1 Å². The summed E-state index contributed by atoms with van der Waals surface area (Å²) in [4.78, 5) is 24.3. The van der Waals surface area contributed by atoms with Crippen molar-refractivity contribution in [3.05, 3.63) is 63.3 Å². The highest BCUT2D eigenvalue weighted by atomic mass is 35.5. The van der Waals surface area contributed by atoms with Gasteiger partial charge in [0.1, 0.15) is 5.58 Å². The Morgan fingerprint density at radius 1 is 1.14 bits per heavy atom. The predicted octanol–water partition coefficient (Wildman–Crippen LogP) is 5.26. The minimum atomic E-state index is -1.22. The Balaban J connectivity index is 2.23. The van der Waals surface area contributed by atoms with Crippen LogP contribution in [0.3, 0.4) is 0 Å². The van der Waals surface area contributed by atoms with Gasteiger partial charge in [0.25, 0.3) is 0 Å². The van der Waals surface area contributed by atoms with Crippen LogP contribution in [0.25, 0.3) is 22.3 Å². The average Bonchev–Trinajstić information content (AvgIpc) is 2.63. The van der Waals surface area contributed by atoms with Crippen LogP contribution in [-0.2, 0) is 10.2 Å². The Morgan fingerprint density at radius 3 is 2.36 bits per heavy atom. The molecule has 1 atom stereocenters. The van der Waals surface area contributed by atoms with Crippen molar-refractivity contribution >= 4 is 28.5 Å². The lowest BCUT2D eigenvalue weighted by Gasteiger charge is -2.19. The molecule has 0 amide bonds. The first-order valence-corrected chi connectivity index (χ1v) is 9.22. The SMILES string of the molecule is CC(Oc1c(-c2ccc(C(C)(C)C)cc2)oc2ccc(Cl)cc2c1=O)C(=O)O. The zero-order chi connectivity index (χ0) is 20.6. The van der Waals surface area contributed by atoms with Crippen molar-refractivity contribution in [2.75, 3.05) is 0 Å². The molecule has 1 N–H and O–H groups in total. The molecule has 3 aromatic rings. The summed E-state index contributed by atoms with van der Waals surface area (Å²) in [6, 6.07) is 12.3. The Labute approximate surface area is 167 Å². The lowest BCUT2D eigenvalue weighted by atomic mass is 9.86. The number of ether oxygens (including phenoxy) is 1. The Morgan fingerprint density at radius 2 is 1.79 bits per heavy atom. The van der Waals surface area contributed by atoms with Gasteiger partial charge in [0, 0.05) is 10.6 Å². The largest absolute Gasteiger partial charge is 0.479 e. The summed E-state index contributed by atoms with van der Waals surface area (Å²) < 4.78 is 11.4.